The molecule has 0 saturated carbocycles. The fraction of sp³-hybridized carbons (Fsp3) is 0.0714. The van der Waals surface area contributed by atoms with Crippen LogP contribution in [-0.4, -0.2) is 28.8 Å². The highest BCUT2D eigenvalue weighted by Gasteiger charge is 2.15. The number of nitrogens with one attached hydrogen (secondary N) is 2. The van der Waals surface area contributed by atoms with Crippen LogP contribution in [0.4, 0.5) is 5.69 Å². The second-order valence-electron chi connectivity index (χ2n) is 4.82. The van der Waals surface area contributed by atoms with Gasteiger partial charge in [-0.1, -0.05) is 0 Å². The zero-order valence-electron chi connectivity index (χ0n) is 11.8. The summed E-state index contributed by atoms with van der Waals surface area (Å²) in [4.78, 5) is 7.14. The van der Waals surface area contributed by atoms with Crippen molar-refractivity contribution in [2.45, 2.75) is 11.4 Å². The topological polar surface area (TPSA) is 119 Å². The summed E-state index contributed by atoms with van der Waals surface area (Å²) in [5.41, 5.74) is 1.55. The summed E-state index contributed by atoms with van der Waals surface area (Å²) >= 11 is 0. The van der Waals surface area contributed by atoms with Crippen molar-refractivity contribution in [3.05, 3.63) is 54.4 Å². The van der Waals surface area contributed by atoms with Crippen LogP contribution in [0.3, 0.4) is 0 Å². The van der Waals surface area contributed by atoms with Crippen molar-refractivity contribution < 1.29 is 18.8 Å². The normalized spacial score (nSPS) is 11.7. The fourth-order valence-electron chi connectivity index (χ4n) is 2.19. The van der Waals surface area contributed by atoms with E-state index in [1.165, 1.54) is 24.3 Å². The van der Waals surface area contributed by atoms with Crippen LogP contribution >= 0.6 is 0 Å². The van der Waals surface area contributed by atoms with Gasteiger partial charge in [0.1, 0.15) is 5.65 Å². The highest BCUT2D eigenvalue weighted by atomic mass is 32.2. The molecule has 0 aliphatic carbocycles. The molecule has 1 aromatic carbocycles. The predicted molar refractivity (Wildman–Crippen MR) is 82.6 cm³/mol. The third-order valence-electron chi connectivity index (χ3n) is 3.38. The van der Waals surface area contributed by atoms with Crippen LogP contribution in [0, 0.1) is 0 Å². The molecule has 8 nitrogen and oxygen atoms in total. The van der Waals surface area contributed by atoms with Crippen molar-refractivity contribution in [1.82, 2.24) is 14.7 Å². The van der Waals surface area contributed by atoms with E-state index in [1.807, 2.05) is 6.07 Å². The Hall–Kier alpha value is -2.46. The number of rotatable bonds is 5. The van der Waals surface area contributed by atoms with E-state index in [4.69, 9.17) is 10.4 Å². The molecule has 0 fully saturated rings. The molecule has 23 heavy (non-hydrogen) atoms. The second-order valence-corrected chi connectivity index (χ2v) is 6.58. The predicted octanol–water partition coefficient (Wildman–Crippen LogP) is 1.63. The number of hydrogen-bond donors (Lipinski definition) is 4. The lowest BCUT2D eigenvalue weighted by atomic mass is 10.2. The average molecular weight is 334 g/mol. The van der Waals surface area contributed by atoms with Gasteiger partial charge in [-0.2, -0.15) is 0 Å². The monoisotopic (exact) mass is 334 g/mol. The summed E-state index contributed by atoms with van der Waals surface area (Å²) in [6, 6.07) is 8.72. The maximum atomic E-state index is 12.3. The first kappa shape index (κ1) is 15.4. The van der Waals surface area contributed by atoms with Crippen LogP contribution in [0.5, 0.6) is 0 Å². The molecule has 0 atom stereocenters. The molecule has 9 heteroatoms. The zero-order valence-corrected chi connectivity index (χ0v) is 12.7. The highest BCUT2D eigenvalue weighted by Crippen LogP contribution is 2.18. The van der Waals surface area contributed by atoms with Gasteiger partial charge < -0.3 is 4.98 Å². The van der Waals surface area contributed by atoms with Gasteiger partial charge >= 0.3 is 0 Å². The van der Waals surface area contributed by atoms with E-state index in [-0.39, 0.29) is 22.4 Å². The van der Waals surface area contributed by atoms with Crippen molar-refractivity contribution in [3.8, 4) is 0 Å². The van der Waals surface area contributed by atoms with Gasteiger partial charge in [-0.25, -0.2) is 18.1 Å². The maximum Gasteiger partial charge on any atom is 0.240 e. The summed E-state index contributed by atoms with van der Waals surface area (Å²) < 4.78 is 27.1. The van der Waals surface area contributed by atoms with Gasteiger partial charge in [0, 0.05) is 24.3 Å². The molecule has 0 bridgehead atoms. The number of aromatic amines is 1. The number of hydrogen-bond acceptors (Lipinski definition) is 6. The first-order valence-corrected chi connectivity index (χ1v) is 8.14. The minimum absolute atomic E-state index is 0.0301. The number of H-pyrrole nitrogens is 1. The third-order valence-corrected chi connectivity index (χ3v) is 4.80. The van der Waals surface area contributed by atoms with E-state index in [9.17, 15) is 8.42 Å². The molecule has 3 rings (SSSR count). The number of nitrogens with zero attached hydrogens (tertiary/aromatic N) is 2. The van der Waals surface area contributed by atoms with Crippen LogP contribution in [0.25, 0.3) is 11.0 Å². The van der Waals surface area contributed by atoms with E-state index in [0.29, 0.717) is 5.65 Å². The highest BCUT2D eigenvalue weighted by molar-refractivity contribution is 7.89. The maximum absolute atomic E-state index is 12.3. The summed E-state index contributed by atoms with van der Waals surface area (Å²) in [6.07, 6.45) is 3.35. The van der Waals surface area contributed by atoms with Gasteiger partial charge in [-0.3, -0.25) is 10.4 Å². The molecule has 0 radical (unpaired) electrons. The van der Waals surface area contributed by atoms with Gasteiger partial charge in [0.15, 0.2) is 0 Å². The molecule has 2 heterocycles. The number of sulfonamides is 1. The van der Waals surface area contributed by atoms with Crippen molar-refractivity contribution in [2.24, 2.45) is 0 Å². The standard InChI is InChI=1S/C14H14N4O4S/c19-18(20)11-1-3-12(4-2-11)23(21,22)17-9-10-5-7-15-14-13(10)6-8-16-14/h1-8,17,19-20H,9H2,(H,15,16). The van der Waals surface area contributed by atoms with Crippen LogP contribution in [0.2, 0.25) is 0 Å². The lowest BCUT2D eigenvalue weighted by Crippen LogP contribution is -2.23. The Bertz CT molecular complexity index is 919. The molecule has 2 aromatic heterocycles. The number of benzene rings is 1. The van der Waals surface area contributed by atoms with Crippen LogP contribution in [0.15, 0.2) is 53.7 Å². The Balaban J connectivity index is 1.80. The zero-order chi connectivity index (χ0) is 16.4. The quantitative estimate of drug-likeness (QED) is 0.527. The smallest absolute Gasteiger partial charge is 0.240 e. The molecule has 0 aliphatic rings. The molecule has 0 spiro atoms. The van der Waals surface area contributed by atoms with E-state index < -0.39 is 10.0 Å². The van der Waals surface area contributed by atoms with Crippen molar-refractivity contribution in [1.29, 1.82) is 0 Å². The van der Waals surface area contributed by atoms with Crippen LogP contribution in [-0.2, 0) is 16.6 Å². The molecule has 0 amide bonds. The van der Waals surface area contributed by atoms with Gasteiger partial charge in [-0.05, 0) is 42.0 Å². The molecular formula is C14H14N4O4S. The Labute approximate surface area is 132 Å². The number of pyridine rings is 1. The molecule has 120 valence electrons. The summed E-state index contributed by atoms with van der Waals surface area (Å²) in [7, 11) is -3.72. The molecule has 0 unspecified atom stereocenters. The van der Waals surface area contributed by atoms with Crippen LogP contribution in [0.1, 0.15) is 5.56 Å². The van der Waals surface area contributed by atoms with Crippen molar-refractivity contribution in [3.63, 3.8) is 0 Å². The first-order valence-electron chi connectivity index (χ1n) is 6.66. The number of fused-ring (bicyclic) bond motifs is 1. The minimum atomic E-state index is -3.72. The lowest BCUT2D eigenvalue weighted by molar-refractivity contribution is 0.0291. The SMILES string of the molecule is O=S(=O)(NCc1ccnc2[nH]ccc12)c1ccc(N(O)O)cc1. The Morgan fingerprint density at radius 3 is 2.57 bits per heavy atom. The van der Waals surface area contributed by atoms with E-state index in [1.54, 1.807) is 18.5 Å². The molecular weight excluding hydrogens is 320 g/mol. The largest absolute Gasteiger partial charge is 0.346 e. The molecule has 0 aliphatic heterocycles. The summed E-state index contributed by atoms with van der Waals surface area (Å²) in [6.45, 7) is 0.118. The molecule has 3 aromatic rings. The van der Waals surface area contributed by atoms with E-state index in [0.717, 1.165) is 10.9 Å². The van der Waals surface area contributed by atoms with Gasteiger partial charge in [0.2, 0.25) is 10.0 Å². The fourth-order valence-corrected chi connectivity index (χ4v) is 3.19. The first-order chi connectivity index (χ1) is 11.0. The van der Waals surface area contributed by atoms with E-state index >= 15 is 0 Å². The Kier molecular flexibility index (Phi) is 4.01. The average Bonchev–Trinajstić information content (AvgIpc) is 3.02. The lowest BCUT2D eigenvalue weighted by Gasteiger charge is -2.10. The number of aromatic nitrogens is 2. The minimum Gasteiger partial charge on any atom is -0.346 e. The summed E-state index contributed by atoms with van der Waals surface area (Å²) in [5.74, 6) is 0. The molecule has 0 saturated heterocycles. The van der Waals surface area contributed by atoms with Gasteiger partial charge in [0.05, 0.1) is 10.6 Å². The second kappa shape index (κ2) is 5.97. The Morgan fingerprint density at radius 1 is 1.13 bits per heavy atom. The Morgan fingerprint density at radius 2 is 1.87 bits per heavy atom. The van der Waals surface area contributed by atoms with Gasteiger partial charge in [0.25, 0.3) is 0 Å². The van der Waals surface area contributed by atoms with Crippen molar-refractivity contribution in [2.75, 3.05) is 5.23 Å². The van der Waals surface area contributed by atoms with Crippen LogP contribution < -0.4 is 9.95 Å². The van der Waals surface area contributed by atoms with E-state index in [2.05, 4.69) is 14.7 Å². The molecule has 4 N–H and O–H groups in total. The number of anilines is 1. The van der Waals surface area contributed by atoms with Gasteiger partial charge in [-0.15, -0.1) is 5.23 Å². The third kappa shape index (κ3) is 3.17. The summed E-state index contributed by atoms with van der Waals surface area (Å²) in [5, 5.41) is 18.5. The van der Waals surface area contributed by atoms with Crippen molar-refractivity contribution >= 4 is 26.7 Å².